The Labute approximate surface area is 201 Å². The van der Waals surface area contributed by atoms with Crippen LogP contribution in [0.3, 0.4) is 0 Å². The van der Waals surface area contributed by atoms with E-state index in [1.807, 2.05) is 55.5 Å². The molecule has 1 aromatic heterocycles. The Morgan fingerprint density at radius 1 is 1.15 bits per heavy atom. The zero-order valence-electron chi connectivity index (χ0n) is 19.8. The van der Waals surface area contributed by atoms with E-state index >= 15 is 0 Å². The van der Waals surface area contributed by atoms with Gasteiger partial charge < -0.3 is 20.5 Å². The minimum atomic E-state index is -0.168. The Morgan fingerprint density at radius 3 is 2.39 bits per heavy atom. The Morgan fingerprint density at radius 2 is 1.88 bits per heavy atom. The van der Waals surface area contributed by atoms with Gasteiger partial charge in [0, 0.05) is 26.1 Å². The summed E-state index contributed by atoms with van der Waals surface area (Å²) in [4.78, 5) is 12.4. The second kappa shape index (κ2) is 16.3. The minimum absolute atomic E-state index is 0.168. The van der Waals surface area contributed by atoms with Crippen LogP contribution in [0.15, 0.2) is 85.5 Å². The van der Waals surface area contributed by atoms with E-state index in [9.17, 15) is 9.90 Å². The number of methoxy groups -OCH3 is 1. The number of carbonyl (C=O) groups excluding carboxylic acids is 1. The van der Waals surface area contributed by atoms with Crippen molar-refractivity contribution in [3.05, 3.63) is 96.6 Å². The van der Waals surface area contributed by atoms with Gasteiger partial charge in [-0.3, -0.25) is 4.79 Å². The zero-order valence-corrected chi connectivity index (χ0v) is 20.6. The molecule has 0 aliphatic heterocycles. The van der Waals surface area contributed by atoms with Crippen LogP contribution in [0, 0.1) is 6.92 Å². The monoisotopic (exact) mass is 466 g/mol. The molecule has 33 heavy (non-hydrogen) atoms. The van der Waals surface area contributed by atoms with Crippen molar-refractivity contribution in [2.24, 2.45) is 0 Å². The predicted octanol–water partition coefficient (Wildman–Crippen LogP) is 6.32. The molecule has 176 valence electrons. The van der Waals surface area contributed by atoms with Crippen LogP contribution < -0.4 is 10.6 Å². The molecule has 6 heteroatoms. The third kappa shape index (κ3) is 9.76. The van der Waals surface area contributed by atoms with Gasteiger partial charge in [0.2, 0.25) is 0 Å². The van der Waals surface area contributed by atoms with Crippen molar-refractivity contribution >= 4 is 32.3 Å². The van der Waals surface area contributed by atoms with Gasteiger partial charge in [0.05, 0.1) is 16.9 Å². The highest BCUT2D eigenvalue weighted by Gasteiger charge is 2.19. The molecule has 0 atom stereocenters. The molecular formula is C27H34N2O3S. The number of fused-ring (bicyclic) bond motifs is 1. The van der Waals surface area contributed by atoms with Crippen LogP contribution in [-0.4, -0.2) is 38.3 Å². The molecule has 0 aliphatic carbocycles. The summed E-state index contributed by atoms with van der Waals surface area (Å²) in [7, 11) is 3.38. The van der Waals surface area contributed by atoms with Gasteiger partial charge in [-0.15, -0.1) is 11.3 Å². The lowest BCUT2D eigenvalue weighted by Gasteiger charge is -2.04. The Bertz CT molecular complexity index is 1040. The number of nitrogens with one attached hydrogen (secondary N) is 2. The van der Waals surface area contributed by atoms with E-state index in [0.717, 1.165) is 10.4 Å². The predicted molar refractivity (Wildman–Crippen MR) is 143 cm³/mol. The largest absolute Gasteiger partial charge is 0.506 e. The number of ether oxygens (including phenoxy) is 1. The Balaban J connectivity index is 0.000000370. The van der Waals surface area contributed by atoms with E-state index in [2.05, 4.69) is 36.3 Å². The van der Waals surface area contributed by atoms with Crippen molar-refractivity contribution in [3.8, 4) is 5.75 Å². The molecule has 5 nitrogen and oxygen atoms in total. The highest BCUT2D eigenvalue weighted by atomic mass is 32.1. The molecule has 1 heterocycles. The summed E-state index contributed by atoms with van der Waals surface area (Å²) in [5.41, 5.74) is 1.89. The van der Waals surface area contributed by atoms with Gasteiger partial charge in [-0.05, 0) is 19.9 Å². The fraction of sp³-hybridized carbons (Fsp3) is 0.222. The lowest BCUT2D eigenvalue weighted by molar-refractivity contribution is 0.0960. The Kier molecular flexibility index (Phi) is 13.7. The fourth-order valence-corrected chi connectivity index (χ4v) is 3.73. The molecule has 3 rings (SSSR count). The lowest BCUT2D eigenvalue weighted by atomic mass is 10.1. The van der Waals surface area contributed by atoms with Crippen molar-refractivity contribution < 1.29 is 14.6 Å². The first kappa shape index (κ1) is 27.7. The second-order valence-electron chi connectivity index (χ2n) is 6.76. The van der Waals surface area contributed by atoms with Gasteiger partial charge in [0.15, 0.2) is 0 Å². The summed E-state index contributed by atoms with van der Waals surface area (Å²) < 4.78 is 5.60. The molecule has 0 saturated heterocycles. The zero-order chi connectivity index (χ0) is 24.5. The first-order valence-electron chi connectivity index (χ1n) is 10.6. The molecule has 0 spiro atoms. The number of hydrogen-bond donors (Lipinski definition) is 3. The maximum Gasteiger partial charge on any atom is 0.255 e. The van der Waals surface area contributed by atoms with Crippen molar-refractivity contribution in [1.82, 2.24) is 5.32 Å². The first-order valence-corrected chi connectivity index (χ1v) is 11.4. The molecular weight excluding hydrogens is 432 g/mol. The third-order valence-electron chi connectivity index (χ3n) is 4.23. The maximum atomic E-state index is 12.4. The number of rotatable bonds is 7. The van der Waals surface area contributed by atoms with Gasteiger partial charge in [-0.25, -0.2) is 0 Å². The van der Waals surface area contributed by atoms with Gasteiger partial charge >= 0.3 is 0 Å². The summed E-state index contributed by atoms with van der Waals surface area (Å²) in [6, 6.07) is 15.5. The number of phenolic OH excluding ortho intramolecular Hbond substituents is 1. The molecule has 0 radical (unpaired) electrons. The van der Waals surface area contributed by atoms with Crippen LogP contribution in [0.25, 0.3) is 10.1 Å². The smallest absolute Gasteiger partial charge is 0.255 e. The van der Waals surface area contributed by atoms with E-state index in [1.54, 1.807) is 32.4 Å². The number of hydrogen-bond acceptors (Lipinski definition) is 5. The number of phenols is 1. The number of aromatic hydroxyl groups is 1. The van der Waals surface area contributed by atoms with Crippen molar-refractivity contribution in [2.45, 2.75) is 13.8 Å². The van der Waals surface area contributed by atoms with Gasteiger partial charge in [0.1, 0.15) is 10.8 Å². The molecule has 3 aromatic rings. The van der Waals surface area contributed by atoms with Gasteiger partial charge in [-0.1, -0.05) is 85.0 Å². The van der Waals surface area contributed by atoms with E-state index < -0.39 is 0 Å². The standard InChI is InChI=1S/C15H18N2O3S.C7H8.C5H8/c1-16-15-12(14(19)17-8-3-4-9-20-2)10-6-5-7-11(18)13(10)21-15;1-7-5-3-2-4-6-7;1-3-5-4-2/h3-7,16,18H,8-9H2,1-2H3,(H,17,19);2-6H,1H3;3-5H,1H2,2H3/b4-3+;;5-4-. The summed E-state index contributed by atoms with van der Waals surface area (Å²) in [5.74, 6) is 0.0197. The number of thiophene rings is 1. The molecule has 0 fully saturated rings. The van der Waals surface area contributed by atoms with E-state index in [0.29, 0.717) is 23.4 Å². The van der Waals surface area contributed by atoms with Crippen LogP contribution in [0.4, 0.5) is 5.00 Å². The molecule has 1 amide bonds. The summed E-state index contributed by atoms with van der Waals surface area (Å²) >= 11 is 1.37. The molecule has 0 bridgehead atoms. The van der Waals surface area contributed by atoms with Crippen molar-refractivity contribution in [1.29, 1.82) is 0 Å². The highest BCUT2D eigenvalue weighted by molar-refractivity contribution is 7.23. The van der Waals surface area contributed by atoms with Gasteiger partial charge in [-0.2, -0.15) is 0 Å². The number of carbonyl (C=O) groups is 1. The summed E-state index contributed by atoms with van der Waals surface area (Å²) in [6.45, 7) is 8.46. The van der Waals surface area contributed by atoms with Crippen molar-refractivity contribution in [3.63, 3.8) is 0 Å². The van der Waals surface area contributed by atoms with E-state index in [1.165, 1.54) is 16.9 Å². The normalized spacial score (nSPS) is 10.3. The number of benzene rings is 2. The molecule has 0 aliphatic rings. The molecule has 2 aromatic carbocycles. The number of anilines is 1. The fourth-order valence-electron chi connectivity index (χ4n) is 2.66. The second-order valence-corrected chi connectivity index (χ2v) is 7.78. The first-order chi connectivity index (χ1) is 16.0. The van der Waals surface area contributed by atoms with Crippen LogP contribution in [0.2, 0.25) is 0 Å². The minimum Gasteiger partial charge on any atom is -0.506 e. The van der Waals surface area contributed by atoms with Gasteiger partial charge in [0.25, 0.3) is 5.91 Å². The maximum absolute atomic E-state index is 12.4. The van der Waals surface area contributed by atoms with Crippen molar-refractivity contribution in [2.75, 3.05) is 32.6 Å². The van der Waals surface area contributed by atoms with E-state index in [4.69, 9.17) is 4.74 Å². The number of amides is 1. The molecule has 0 saturated carbocycles. The Hall–Kier alpha value is -3.35. The van der Waals surface area contributed by atoms with Crippen LogP contribution >= 0.6 is 11.3 Å². The third-order valence-corrected chi connectivity index (χ3v) is 5.47. The average molecular weight is 467 g/mol. The molecule has 0 unspecified atom stereocenters. The van der Waals surface area contributed by atoms with Crippen LogP contribution in [0.5, 0.6) is 5.75 Å². The topological polar surface area (TPSA) is 70.6 Å². The van der Waals surface area contributed by atoms with Crippen LogP contribution in [0.1, 0.15) is 22.8 Å². The van der Waals surface area contributed by atoms with Crippen LogP contribution in [-0.2, 0) is 4.74 Å². The molecule has 3 N–H and O–H groups in total. The average Bonchev–Trinajstić information content (AvgIpc) is 3.21. The quantitative estimate of drug-likeness (QED) is 0.281. The number of allylic oxidation sites excluding steroid dienone is 3. The lowest BCUT2D eigenvalue weighted by Crippen LogP contribution is -2.23. The van der Waals surface area contributed by atoms with E-state index in [-0.39, 0.29) is 11.7 Å². The SMILES string of the molecule is C=C/C=C\C.CNc1sc2c(O)cccc2c1C(=O)NC/C=C/COC.Cc1ccccc1. The summed E-state index contributed by atoms with van der Waals surface area (Å²) in [5, 5.41) is 17.2. The summed E-state index contributed by atoms with van der Waals surface area (Å²) in [6.07, 6.45) is 9.26. The highest BCUT2D eigenvalue weighted by Crippen LogP contribution is 2.39. The number of aryl methyl sites for hydroxylation is 1.